The smallest absolute Gasteiger partial charge is 0.0471 e. The largest absolute Gasteiger partial charge is 0.378 e. The summed E-state index contributed by atoms with van der Waals surface area (Å²) < 4.78 is 0. The second-order valence-electron chi connectivity index (χ2n) is 6.21. The van der Waals surface area contributed by atoms with Crippen molar-refractivity contribution >= 4 is 5.69 Å². The summed E-state index contributed by atoms with van der Waals surface area (Å²) in [6.07, 6.45) is 0. The van der Waals surface area contributed by atoms with E-state index in [0.717, 1.165) is 26.2 Å². The number of piperazine rings is 1. The van der Waals surface area contributed by atoms with Crippen molar-refractivity contribution in [1.82, 2.24) is 9.80 Å². The lowest BCUT2D eigenvalue weighted by molar-refractivity contribution is 0.0607. The molecule has 0 aliphatic carbocycles. The number of anilines is 1. The molecule has 1 fully saturated rings. The molecule has 1 aliphatic heterocycles. The quantitative estimate of drug-likeness (QED) is 0.897. The number of hydrogen-bond acceptors (Lipinski definition) is 4. The van der Waals surface area contributed by atoms with E-state index >= 15 is 0 Å². The van der Waals surface area contributed by atoms with Crippen LogP contribution in [0.5, 0.6) is 0 Å². The predicted molar refractivity (Wildman–Crippen MR) is 90.8 cm³/mol. The van der Waals surface area contributed by atoms with Crippen LogP contribution in [0.4, 0.5) is 5.69 Å². The van der Waals surface area contributed by atoms with Crippen LogP contribution in [-0.4, -0.2) is 62.7 Å². The van der Waals surface area contributed by atoms with E-state index in [-0.39, 0.29) is 0 Å². The van der Waals surface area contributed by atoms with E-state index in [1.807, 2.05) is 0 Å². The maximum atomic E-state index is 6.08. The molecular weight excluding hydrogens is 260 g/mol. The fourth-order valence-electron chi connectivity index (χ4n) is 3.27. The van der Waals surface area contributed by atoms with E-state index in [0.29, 0.717) is 18.6 Å². The first kappa shape index (κ1) is 16.3. The van der Waals surface area contributed by atoms with Gasteiger partial charge in [0.15, 0.2) is 0 Å². The topological polar surface area (TPSA) is 35.7 Å². The van der Waals surface area contributed by atoms with Gasteiger partial charge in [-0.15, -0.1) is 0 Å². The van der Waals surface area contributed by atoms with Crippen LogP contribution in [0.3, 0.4) is 0 Å². The van der Waals surface area contributed by atoms with Gasteiger partial charge in [0.2, 0.25) is 0 Å². The van der Waals surface area contributed by atoms with Crippen molar-refractivity contribution < 1.29 is 0 Å². The molecule has 0 aromatic heterocycles. The van der Waals surface area contributed by atoms with Gasteiger partial charge in [-0.2, -0.15) is 0 Å². The normalized spacial score (nSPS) is 22.2. The second kappa shape index (κ2) is 7.25. The van der Waals surface area contributed by atoms with Crippen LogP contribution < -0.4 is 10.6 Å². The highest BCUT2D eigenvalue weighted by molar-refractivity contribution is 5.46. The van der Waals surface area contributed by atoms with Crippen LogP contribution >= 0.6 is 0 Å². The fourth-order valence-corrected chi connectivity index (χ4v) is 3.27. The molecule has 2 N–H and O–H groups in total. The molecular formula is C17H30N4. The summed E-state index contributed by atoms with van der Waals surface area (Å²) in [6, 6.07) is 9.77. The first-order valence-electron chi connectivity index (χ1n) is 8.02. The lowest BCUT2D eigenvalue weighted by Gasteiger charge is -2.43. The number of nitrogens with zero attached hydrogens (tertiary/aromatic N) is 3. The summed E-state index contributed by atoms with van der Waals surface area (Å²) in [4.78, 5) is 7.21. The molecule has 0 amide bonds. The number of likely N-dealkylation sites (N-methyl/N-ethyl adjacent to an activating group) is 1. The van der Waals surface area contributed by atoms with E-state index in [2.05, 4.69) is 66.9 Å². The van der Waals surface area contributed by atoms with Crippen molar-refractivity contribution in [3.8, 4) is 0 Å². The third kappa shape index (κ3) is 3.76. The van der Waals surface area contributed by atoms with Crippen molar-refractivity contribution in [2.24, 2.45) is 5.73 Å². The Kier molecular flexibility index (Phi) is 5.62. The number of hydrogen-bond donors (Lipinski definition) is 1. The maximum Gasteiger partial charge on any atom is 0.0471 e. The van der Waals surface area contributed by atoms with Crippen molar-refractivity contribution in [3.63, 3.8) is 0 Å². The Morgan fingerprint density at radius 2 is 1.90 bits per heavy atom. The minimum atomic E-state index is 0.336. The number of nitrogens with two attached hydrogens (primary N) is 1. The van der Waals surface area contributed by atoms with Crippen molar-refractivity contribution in [2.45, 2.75) is 25.9 Å². The zero-order valence-corrected chi connectivity index (χ0v) is 13.9. The third-order valence-corrected chi connectivity index (χ3v) is 4.66. The summed E-state index contributed by atoms with van der Waals surface area (Å²) in [5.74, 6) is 0. The van der Waals surface area contributed by atoms with Crippen molar-refractivity contribution in [1.29, 1.82) is 0 Å². The Hall–Kier alpha value is -1.10. The van der Waals surface area contributed by atoms with Gasteiger partial charge >= 0.3 is 0 Å². The molecule has 118 valence electrons. The molecule has 4 heteroatoms. The van der Waals surface area contributed by atoms with Gasteiger partial charge < -0.3 is 10.6 Å². The average Bonchev–Trinajstić information content (AvgIpc) is 2.49. The Labute approximate surface area is 129 Å². The van der Waals surface area contributed by atoms with E-state index in [9.17, 15) is 0 Å². The third-order valence-electron chi connectivity index (χ3n) is 4.66. The zero-order valence-electron chi connectivity index (χ0n) is 13.9. The van der Waals surface area contributed by atoms with Gasteiger partial charge in [-0.1, -0.05) is 19.1 Å². The van der Waals surface area contributed by atoms with Gasteiger partial charge in [-0.3, -0.25) is 9.80 Å². The van der Waals surface area contributed by atoms with Crippen molar-refractivity contribution in [3.05, 3.63) is 29.8 Å². The molecule has 1 aromatic carbocycles. The summed E-state index contributed by atoms with van der Waals surface area (Å²) in [6.45, 7) is 9.73. The van der Waals surface area contributed by atoms with Crippen LogP contribution in [0.15, 0.2) is 24.3 Å². The van der Waals surface area contributed by atoms with E-state index < -0.39 is 0 Å². The first-order chi connectivity index (χ1) is 10.1. The van der Waals surface area contributed by atoms with Crippen molar-refractivity contribution in [2.75, 3.05) is 51.7 Å². The molecule has 1 aromatic rings. The van der Waals surface area contributed by atoms with E-state index in [4.69, 9.17) is 5.73 Å². The fraction of sp³-hybridized carbons (Fsp3) is 0.647. The standard InChI is InChI=1S/C17H30N4/c1-5-20-10-11-21(13-14(20)2)17(12-18)15-6-8-16(9-7-15)19(3)4/h6-9,14,17H,5,10-13,18H2,1-4H3. The minimum absolute atomic E-state index is 0.336. The molecule has 0 spiro atoms. The number of benzene rings is 1. The van der Waals surface area contributed by atoms with Gasteiger partial charge in [0, 0.05) is 58.0 Å². The second-order valence-corrected chi connectivity index (χ2v) is 6.21. The summed E-state index contributed by atoms with van der Waals surface area (Å²) in [7, 11) is 4.14. The van der Waals surface area contributed by atoms with Gasteiger partial charge in [0.05, 0.1) is 0 Å². The predicted octanol–water partition coefficient (Wildman–Crippen LogP) is 1.78. The lowest BCUT2D eigenvalue weighted by Crippen LogP contribution is -2.53. The van der Waals surface area contributed by atoms with E-state index in [1.165, 1.54) is 11.3 Å². The zero-order chi connectivity index (χ0) is 15.4. The molecule has 2 atom stereocenters. The van der Waals surface area contributed by atoms with Crippen LogP contribution in [0, 0.1) is 0 Å². The Bertz CT molecular complexity index is 429. The molecule has 0 radical (unpaired) electrons. The first-order valence-corrected chi connectivity index (χ1v) is 8.02. The number of rotatable bonds is 5. The van der Waals surface area contributed by atoms with Crippen LogP contribution in [0.2, 0.25) is 0 Å². The highest BCUT2D eigenvalue weighted by Crippen LogP contribution is 2.25. The van der Waals surface area contributed by atoms with Gasteiger partial charge in [0.1, 0.15) is 0 Å². The molecule has 1 aliphatic rings. The highest BCUT2D eigenvalue weighted by atomic mass is 15.3. The van der Waals surface area contributed by atoms with Crippen LogP contribution in [-0.2, 0) is 0 Å². The maximum absolute atomic E-state index is 6.08. The molecule has 2 rings (SSSR count). The SMILES string of the molecule is CCN1CCN(C(CN)c2ccc(N(C)C)cc2)CC1C. The Morgan fingerprint density at radius 1 is 1.24 bits per heavy atom. The average molecular weight is 290 g/mol. The summed E-state index contributed by atoms with van der Waals surface area (Å²) in [5.41, 5.74) is 8.65. The molecule has 1 heterocycles. The van der Waals surface area contributed by atoms with Crippen LogP contribution in [0.25, 0.3) is 0 Å². The van der Waals surface area contributed by atoms with Gasteiger partial charge in [0.25, 0.3) is 0 Å². The molecule has 4 nitrogen and oxygen atoms in total. The molecule has 2 unspecified atom stereocenters. The van der Waals surface area contributed by atoms with E-state index in [1.54, 1.807) is 0 Å². The molecule has 1 saturated heterocycles. The molecule has 0 saturated carbocycles. The highest BCUT2D eigenvalue weighted by Gasteiger charge is 2.27. The van der Waals surface area contributed by atoms with Gasteiger partial charge in [-0.05, 0) is 31.2 Å². The monoisotopic (exact) mass is 290 g/mol. The van der Waals surface area contributed by atoms with Crippen LogP contribution in [0.1, 0.15) is 25.5 Å². The minimum Gasteiger partial charge on any atom is -0.378 e. The molecule has 0 bridgehead atoms. The Morgan fingerprint density at radius 3 is 2.38 bits per heavy atom. The molecule has 21 heavy (non-hydrogen) atoms. The summed E-state index contributed by atoms with van der Waals surface area (Å²) >= 11 is 0. The Balaban J connectivity index is 2.09. The lowest BCUT2D eigenvalue weighted by atomic mass is 10.0. The van der Waals surface area contributed by atoms with Gasteiger partial charge in [-0.25, -0.2) is 0 Å². The summed E-state index contributed by atoms with van der Waals surface area (Å²) in [5, 5.41) is 0.